The van der Waals surface area contributed by atoms with E-state index in [1.165, 1.54) is 10.2 Å². The van der Waals surface area contributed by atoms with Crippen LogP contribution in [-0.4, -0.2) is 52.0 Å². The number of nitrogens with zero attached hydrogens (tertiary/aromatic N) is 4. The molecule has 2 aliphatic rings. The standard InChI is InChI=1S/C20H25F2N5O/c21-19(22)18-17(24-25-27(18)16-6-9-23-10-7-16)20(28)26-11-8-15(13-26)12-14-4-2-1-3-5-14/h1-5,15-16,19,23H,6-13H2. The lowest BCUT2D eigenvalue weighted by Crippen LogP contribution is -2.32. The van der Waals surface area contributed by atoms with Crippen LogP contribution in [0.25, 0.3) is 0 Å². The third-order valence-corrected chi connectivity index (χ3v) is 5.73. The molecule has 1 aromatic heterocycles. The van der Waals surface area contributed by atoms with Gasteiger partial charge < -0.3 is 10.2 Å². The number of aromatic nitrogens is 3. The van der Waals surface area contributed by atoms with E-state index in [-0.39, 0.29) is 17.4 Å². The zero-order chi connectivity index (χ0) is 19.5. The van der Waals surface area contributed by atoms with Crippen LogP contribution in [0.5, 0.6) is 0 Å². The van der Waals surface area contributed by atoms with E-state index in [0.717, 1.165) is 25.9 Å². The molecule has 0 spiro atoms. The molecule has 2 aromatic rings. The zero-order valence-electron chi connectivity index (χ0n) is 15.7. The van der Waals surface area contributed by atoms with Gasteiger partial charge in [0, 0.05) is 13.1 Å². The molecule has 1 amide bonds. The largest absolute Gasteiger partial charge is 0.337 e. The van der Waals surface area contributed by atoms with Crippen molar-refractivity contribution in [2.45, 2.75) is 38.2 Å². The van der Waals surface area contributed by atoms with Crippen LogP contribution in [0.4, 0.5) is 8.78 Å². The van der Waals surface area contributed by atoms with Crippen LogP contribution in [-0.2, 0) is 6.42 Å². The number of carbonyl (C=O) groups is 1. The highest BCUT2D eigenvalue weighted by Gasteiger charge is 2.35. The minimum absolute atomic E-state index is 0.135. The number of hydrogen-bond donors (Lipinski definition) is 1. The van der Waals surface area contributed by atoms with Crippen molar-refractivity contribution in [1.82, 2.24) is 25.2 Å². The molecule has 150 valence electrons. The highest BCUT2D eigenvalue weighted by Crippen LogP contribution is 2.30. The van der Waals surface area contributed by atoms with E-state index >= 15 is 0 Å². The number of rotatable bonds is 5. The molecule has 28 heavy (non-hydrogen) atoms. The van der Waals surface area contributed by atoms with E-state index in [1.807, 2.05) is 18.2 Å². The summed E-state index contributed by atoms with van der Waals surface area (Å²) in [5.41, 5.74) is 0.712. The smallest absolute Gasteiger partial charge is 0.282 e. The van der Waals surface area contributed by atoms with Gasteiger partial charge in [-0.05, 0) is 50.3 Å². The highest BCUT2D eigenvalue weighted by molar-refractivity contribution is 5.93. The van der Waals surface area contributed by atoms with E-state index in [0.29, 0.717) is 31.8 Å². The minimum atomic E-state index is -2.77. The second kappa shape index (κ2) is 8.34. The zero-order valence-corrected chi connectivity index (χ0v) is 15.7. The van der Waals surface area contributed by atoms with Gasteiger partial charge in [0.15, 0.2) is 5.69 Å². The Morgan fingerprint density at radius 3 is 2.64 bits per heavy atom. The third-order valence-electron chi connectivity index (χ3n) is 5.73. The van der Waals surface area contributed by atoms with Gasteiger partial charge in [0.05, 0.1) is 6.04 Å². The van der Waals surface area contributed by atoms with Crippen molar-refractivity contribution in [3.05, 3.63) is 47.3 Å². The number of amides is 1. The predicted molar refractivity (Wildman–Crippen MR) is 100 cm³/mol. The van der Waals surface area contributed by atoms with Crippen LogP contribution in [0.15, 0.2) is 30.3 Å². The van der Waals surface area contributed by atoms with E-state index in [2.05, 4.69) is 27.8 Å². The Bertz CT molecular complexity index is 804. The van der Waals surface area contributed by atoms with E-state index in [1.54, 1.807) is 4.90 Å². The summed E-state index contributed by atoms with van der Waals surface area (Å²) in [6.45, 7) is 2.64. The maximum absolute atomic E-state index is 13.8. The van der Waals surface area contributed by atoms with Crippen molar-refractivity contribution >= 4 is 5.91 Å². The van der Waals surface area contributed by atoms with Gasteiger partial charge in [-0.3, -0.25) is 4.79 Å². The lowest BCUT2D eigenvalue weighted by molar-refractivity contribution is 0.0765. The van der Waals surface area contributed by atoms with Crippen molar-refractivity contribution in [2.24, 2.45) is 5.92 Å². The van der Waals surface area contributed by atoms with Crippen LogP contribution >= 0.6 is 0 Å². The van der Waals surface area contributed by atoms with E-state index < -0.39 is 12.3 Å². The van der Waals surface area contributed by atoms with Crippen LogP contribution in [0.3, 0.4) is 0 Å². The van der Waals surface area contributed by atoms with Gasteiger partial charge in [-0.1, -0.05) is 35.5 Å². The Balaban J connectivity index is 1.48. The summed E-state index contributed by atoms with van der Waals surface area (Å²) < 4.78 is 28.9. The van der Waals surface area contributed by atoms with Crippen LogP contribution in [0.2, 0.25) is 0 Å². The molecule has 0 saturated carbocycles. The van der Waals surface area contributed by atoms with Crippen molar-refractivity contribution in [2.75, 3.05) is 26.2 Å². The first-order valence-electron chi connectivity index (χ1n) is 9.90. The highest BCUT2D eigenvalue weighted by atomic mass is 19.3. The number of halogens is 2. The number of carbonyl (C=O) groups excluding carboxylic acids is 1. The predicted octanol–water partition coefficient (Wildman–Crippen LogP) is 2.85. The van der Waals surface area contributed by atoms with Crippen molar-refractivity contribution in [1.29, 1.82) is 0 Å². The van der Waals surface area contributed by atoms with Gasteiger partial charge in [-0.2, -0.15) is 0 Å². The van der Waals surface area contributed by atoms with E-state index in [9.17, 15) is 13.6 Å². The molecule has 2 saturated heterocycles. The average Bonchev–Trinajstić information content (AvgIpc) is 3.36. The fourth-order valence-corrected chi connectivity index (χ4v) is 4.26. The minimum Gasteiger partial charge on any atom is -0.337 e. The molecule has 1 N–H and O–H groups in total. The second-order valence-electron chi connectivity index (χ2n) is 7.65. The van der Waals surface area contributed by atoms with Gasteiger partial charge in [0.2, 0.25) is 0 Å². The summed E-state index contributed by atoms with van der Waals surface area (Å²) in [7, 11) is 0. The first kappa shape index (κ1) is 19.0. The van der Waals surface area contributed by atoms with Gasteiger partial charge in [0.25, 0.3) is 12.3 Å². The molecule has 1 atom stereocenters. The van der Waals surface area contributed by atoms with Gasteiger partial charge >= 0.3 is 0 Å². The molecule has 4 rings (SSSR count). The lowest BCUT2D eigenvalue weighted by atomic mass is 9.99. The average molecular weight is 389 g/mol. The Labute approximate surface area is 162 Å². The SMILES string of the molecule is O=C(c1nnn(C2CCNCC2)c1C(F)F)N1CCC(Cc2ccccc2)C1. The first-order valence-corrected chi connectivity index (χ1v) is 9.90. The number of benzene rings is 1. The Morgan fingerprint density at radius 1 is 1.18 bits per heavy atom. The molecule has 0 radical (unpaired) electrons. The molecule has 0 bridgehead atoms. The van der Waals surface area contributed by atoms with E-state index in [4.69, 9.17) is 0 Å². The van der Waals surface area contributed by atoms with Gasteiger partial charge in [-0.25, -0.2) is 13.5 Å². The number of hydrogen-bond acceptors (Lipinski definition) is 4. The molecule has 0 aliphatic carbocycles. The molecule has 1 aromatic carbocycles. The number of piperidine rings is 1. The fraction of sp³-hybridized carbons (Fsp3) is 0.550. The molecular formula is C20H25F2N5O. The Kier molecular flexibility index (Phi) is 5.66. The Hall–Kier alpha value is -2.35. The molecular weight excluding hydrogens is 364 g/mol. The van der Waals surface area contributed by atoms with Crippen LogP contribution < -0.4 is 5.32 Å². The van der Waals surface area contributed by atoms with Gasteiger partial charge in [-0.15, -0.1) is 5.10 Å². The normalized spacial score (nSPS) is 20.8. The summed E-state index contributed by atoms with van der Waals surface area (Å²) in [5.74, 6) is -0.0909. The Morgan fingerprint density at radius 2 is 1.93 bits per heavy atom. The maximum atomic E-state index is 13.8. The molecule has 6 nitrogen and oxygen atoms in total. The lowest BCUT2D eigenvalue weighted by Gasteiger charge is -2.24. The first-order chi connectivity index (χ1) is 13.6. The summed E-state index contributed by atoms with van der Waals surface area (Å²) in [6, 6.07) is 9.99. The number of nitrogens with one attached hydrogen (secondary N) is 1. The molecule has 2 fully saturated rings. The molecule has 2 aliphatic heterocycles. The van der Waals surface area contributed by atoms with Crippen molar-refractivity contribution < 1.29 is 13.6 Å². The summed E-state index contributed by atoms with van der Waals surface area (Å²) in [6.07, 6.45) is 0.395. The monoisotopic (exact) mass is 389 g/mol. The fourth-order valence-electron chi connectivity index (χ4n) is 4.26. The quantitative estimate of drug-likeness (QED) is 0.854. The van der Waals surface area contributed by atoms with Crippen molar-refractivity contribution in [3.8, 4) is 0 Å². The topological polar surface area (TPSA) is 63.1 Å². The third kappa shape index (κ3) is 3.92. The molecule has 3 heterocycles. The maximum Gasteiger partial charge on any atom is 0.282 e. The van der Waals surface area contributed by atoms with Gasteiger partial charge in [0.1, 0.15) is 5.69 Å². The second-order valence-corrected chi connectivity index (χ2v) is 7.65. The van der Waals surface area contributed by atoms with Crippen molar-refractivity contribution in [3.63, 3.8) is 0 Å². The summed E-state index contributed by atoms with van der Waals surface area (Å²) >= 11 is 0. The number of alkyl halides is 2. The molecule has 1 unspecified atom stereocenters. The summed E-state index contributed by atoms with van der Waals surface area (Å²) in [5, 5.41) is 11.0. The van der Waals surface area contributed by atoms with Crippen LogP contribution in [0.1, 0.15) is 53.5 Å². The molecule has 8 heteroatoms. The van der Waals surface area contributed by atoms with Crippen LogP contribution in [0, 0.1) is 5.92 Å². The summed E-state index contributed by atoms with van der Waals surface area (Å²) in [4.78, 5) is 14.6. The number of likely N-dealkylation sites (tertiary alicyclic amines) is 1.